The third-order valence-electron chi connectivity index (χ3n) is 4.60. The van der Waals surface area contributed by atoms with Crippen molar-refractivity contribution in [3.8, 4) is 5.75 Å². The van der Waals surface area contributed by atoms with Crippen molar-refractivity contribution in [2.75, 3.05) is 16.7 Å². The summed E-state index contributed by atoms with van der Waals surface area (Å²) in [7, 11) is -2.16. The first-order valence-electron chi connectivity index (χ1n) is 9.45. The number of carbonyl (C=O) groups excluding carboxylic acids is 1. The summed E-state index contributed by atoms with van der Waals surface area (Å²) in [4.78, 5) is 12.5. The molecule has 156 valence electrons. The van der Waals surface area contributed by atoms with Gasteiger partial charge in [0, 0.05) is 12.7 Å². The maximum absolute atomic E-state index is 12.8. The predicted octanol–water partition coefficient (Wildman–Crippen LogP) is 4.23. The number of aryl methyl sites for hydroxylation is 1. The van der Waals surface area contributed by atoms with Gasteiger partial charge in [-0.05, 0) is 62.4 Å². The summed E-state index contributed by atoms with van der Waals surface area (Å²) in [5.74, 6) is 0.194. The highest BCUT2D eigenvalue weighted by atomic mass is 32.2. The van der Waals surface area contributed by atoms with Crippen molar-refractivity contribution in [2.45, 2.75) is 24.8 Å². The van der Waals surface area contributed by atoms with Crippen LogP contribution in [0, 0.1) is 6.92 Å². The molecule has 0 bridgehead atoms. The van der Waals surface area contributed by atoms with Crippen molar-refractivity contribution < 1.29 is 17.9 Å². The first-order chi connectivity index (χ1) is 14.3. The third-order valence-corrected chi connectivity index (χ3v) is 6.40. The lowest BCUT2D eigenvalue weighted by molar-refractivity contribution is -0.122. The van der Waals surface area contributed by atoms with Crippen molar-refractivity contribution in [1.82, 2.24) is 0 Å². The second-order valence-corrected chi connectivity index (χ2v) is 8.86. The number of nitrogens with one attached hydrogen (secondary N) is 1. The minimum absolute atomic E-state index is 0.224. The Morgan fingerprint density at radius 3 is 2.13 bits per heavy atom. The normalized spacial score (nSPS) is 12.1. The van der Waals surface area contributed by atoms with Gasteiger partial charge in [-0.15, -0.1) is 0 Å². The van der Waals surface area contributed by atoms with Crippen LogP contribution < -0.4 is 14.4 Å². The molecule has 3 aromatic carbocycles. The molecule has 0 aliphatic rings. The third kappa shape index (κ3) is 4.99. The van der Waals surface area contributed by atoms with E-state index >= 15 is 0 Å². The quantitative estimate of drug-likeness (QED) is 0.616. The number of amides is 1. The van der Waals surface area contributed by atoms with Gasteiger partial charge < -0.3 is 10.1 Å². The van der Waals surface area contributed by atoms with Crippen molar-refractivity contribution in [3.63, 3.8) is 0 Å². The largest absolute Gasteiger partial charge is 0.481 e. The van der Waals surface area contributed by atoms with Crippen LogP contribution in [0.15, 0.2) is 83.8 Å². The number of rotatable bonds is 7. The number of anilines is 2. The number of hydrogen-bond acceptors (Lipinski definition) is 4. The maximum atomic E-state index is 12.8. The molecule has 1 unspecified atom stereocenters. The van der Waals surface area contributed by atoms with E-state index < -0.39 is 16.1 Å². The fourth-order valence-corrected chi connectivity index (χ4v) is 3.96. The van der Waals surface area contributed by atoms with E-state index in [4.69, 9.17) is 4.74 Å². The number of hydrogen-bond donors (Lipinski definition) is 1. The van der Waals surface area contributed by atoms with E-state index in [1.54, 1.807) is 67.6 Å². The zero-order valence-corrected chi connectivity index (χ0v) is 17.9. The zero-order valence-electron chi connectivity index (χ0n) is 17.1. The second kappa shape index (κ2) is 9.00. The molecule has 1 amide bonds. The molecule has 6 nitrogen and oxygen atoms in total. The van der Waals surface area contributed by atoms with E-state index in [-0.39, 0.29) is 10.8 Å². The molecule has 30 heavy (non-hydrogen) atoms. The second-order valence-electron chi connectivity index (χ2n) is 6.89. The molecular weight excluding hydrogens is 400 g/mol. The van der Waals surface area contributed by atoms with Crippen LogP contribution in [0.1, 0.15) is 12.5 Å². The van der Waals surface area contributed by atoms with Gasteiger partial charge in [0.1, 0.15) is 5.75 Å². The van der Waals surface area contributed by atoms with Crippen LogP contribution in [0.3, 0.4) is 0 Å². The first-order valence-corrected chi connectivity index (χ1v) is 10.9. The Morgan fingerprint density at radius 1 is 0.933 bits per heavy atom. The van der Waals surface area contributed by atoms with Gasteiger partial charge in [-0.1, -0.05) is 35.9 Å². The molecular formula is C23H24N2O4S. The molecule has 0 saturated carbocycles. The van der Waals surface area contributed by atoms with Gasteiger partial charge in [0.05, 0.1) is 10.6 Å². The van der Waals surface area contributed by atoms with Crippen molar-refractivity contribution in [3.05, 3.63) is 84.4 Å². The molecule has 0 aliphatic heterocycles. The number of benzene rings is 3. The van der Waals surface area contributed by atoms with Gasteiger partial charge in [-0.3, -0.25) is 9.10 Å². The number of para-hydroxylation sites is 1. The average Bonchev–Trinajstić information content (AvgIpc) is 2.74. The van der Waals surface area contributed by atoms with Crippen LogP contribution in [0.2, 0.25) is 0 Å². The van der Waals surface area contributed by atoms with Gasteiger partial charge in [0.15, 0.2) is 6.10 Å². The average molecular weight is 425 g/mol. The molecule has 3 aromatic rings. The lowest BCUT2D eigenvalue weighted by Crippen LogP contribution is -2.30. The van der Waals surface area contributed by atoms with Crippen molar-refractivity contribution in [1.29, 1.82) is 0 Å². The fraction of sp³-hybridized carbons (Fsp3) is 0.174. The smallest absolute Gasteiger partial charge is 0.265 e. The molecule has 1 N–H and O–H groups in total. The standard InChI is InChI=1S/C23H24N2O4S/c1-17-9-15-22(16-10-17)30(27,28)25(3)20-11-13-21(14-12-20)29-18(2)23(26)24-19-7-5-4-6-8-19/h4-16,18H,1-3H3,(H,24,26). The number of ether oxygens (including phenoxy) is 1. The molecule has 0 aromatic heterocycles. The van der Waals surface area contributed by atoms with Gasteiger partial charge in [0.25, 0.3) is 15.9 Å². The predicted molar refractivity (Wildman–Crippen MR) is 118 cm³/mol. The summed E-state index contributed by atoms with van der Waals surface area (Å²) in [5.41, 5.74) is 2.17. The van der Waals surface area contributed by atoms with Gasteiger partial charge in [0.2, 0.25) is 0 Å². The Hall–Kier alpha value is -3.32. The molecule has 7 heteroatoms. The fourth-order valence-electron chi connectivity index (χ4n) is 2.76. The first kappa shape index (κ1) is 21.4. The van der Waals surface area contributed by atoms with E-state index in [9.17, 15) is 13.2 Å². The molecule has 0 saturated heterocycles. The van der Waals surface area contributed by atoms with E-state index in [2.05, 4.69) is 5.32 Å². The summed E-state index contributed by atoms with van der Waals surface area (Å²) in [6.07, 6.45) is -0.718. The summed E-state index contributed by atoms with van der Waals surface area (Å²) in [6.45, 7) is 3.56. The summed E-state index contributed by atoms with van der Waals surface area (Å²) in [5, 5.41) is 2.78. The summed E-state index contributed by atoms with van der Waals surface area (Å²) >= 11 is 0. The molecule has 0 radical (unpaired) electrons. The molecule has 1 atom stereocenters. The molecule has 3 rings (SSSR count). The van der Waals surface area contributed by atoms with Gasteiger partial charge in [-0.25, -0.2) is 8.42 Å². The van der Waals surface area contributed by atoms with Gasteiger partial charge in [-0.2, -0.15) is 0 Å². The van der Waals surface area contributed by atoms with Crippen molar-refractivity contribution in [2.24, 2.45) is 0 Å². The lowest BCUT2D eigenvalue weighted by atomic mass is 10.2. The Morgan fingerprint density at radius 2 is 1.53 bits per heavy atom. The van der Waals surface area contributed by atoms with Crippen LogP contribution in [0.4, 0.5) is 11.4 Å². The summed E-state index contributed by atoms with van der Waals surface area (Å²) < 4.78 is 32.5. The van der Waals surface area contributed by atoms with Crippen LogP contribution in [0.25, 0.3) is 0 Å². The minimum Gasteiger partial charge on any atom is -0.481 e. The summed E-state index contributed by atoms with van der Waals surface area (Å²) in [6, 6.07) is 22.4. The SMILES string of the molecule is Cc1ccc(S(=O)(=O)N(C)c2ccc(OC(C)C(=O)Nc3ccccc3)cc2)cc1. The van der Waals surface area contributed by atoms with E-state index in [1.165, 1.54) is 11.4 Å². The minimum atomic E-state index is -3.66. The van der Waals surface area contributed by atoms with Crippen LogP contribution in [0.5, 0.6) is 5.75 Å². The topological polar surface area (TPSA) is 75.7 Å². The van der Waals surface area contributed by atoms with E-state index in [1.807, 2.05) is 25.1 Å². The molecule has 0 fully saturated rings. The molecule has 0 aliphatic carbocycles. The van der Waals surface area contributed by atoms with Gasteiger partial charge >= 0.3 is 0 Å². The van der Waals surface area contributed by atoms with Crippen LogP contribution in [-0.4, -0.2) is 27.5 Å². The lowest BCUT2D eigenvalue weighted by Gasteiger charge is -2.20. The Labute approximate surface area is 177 Å². The Balaban J connectivity index is 1.66. The number of carbonyl (C=O) groups is 1. The number of sulfonamides is 1. The van der Waals surface area contributed by atoms with E-state index in [0.717, 1.165) is 5.56 Å². The highest BCUT2D eigenvalue weighted by Gasteiger charge is 2.21. The Kier molecular flexibility index (Phi) is 6.42. The van der Waals surface area contributed by atoms with E-state index in [0.29, 0.717) is 17.1 Å². The van der Waals surface area contributed by atoms with Crippen LogP contribution >= 0.6 is 0 Å². The highest BCUT2D eigenvalue weighted by molar-refractivity contribution is 7.92. The monoisotopic (exact) mass is 424 g/mol. The highest BCUT2D eigenvalue weighted by Crippen LogP contribution is 2.25. The van der Waals surface area contributed by atoms with Crippen molar-refractivity contribution >= 4 is 27.3 Å². The molecule has 0 heterocycles. The number of nitrogens with zero attached hydrogens (tertiary/aromatic N) is 1. The Bertz CT molecular complexity index is 1100. The zero-order chi connectivity index (χ0) is 21.7. The maximum Gasteiger partial charge on any atom is 0.265 e. The molecule has 0 spiro atoms. The van der Waals surface area contributed by atoms with Crippen LogP contribution in [-0.2, 0) is 14.8 Å².